The van der Waals surface area contributed by atoms with E-state index in [9.17, 15) is 0 Å². The third kappa shape index (κ3) is 3.92. The Morgan fingerprint density at radius 3 is 1.39 bits per heavy atom. The Morgan fingerprint density at radius 1 is 0.366 bits per heavy atom. The Labute approximate surface area is 238 Å². The van der Waals surface area contributed by atoms with Crippen LogP contribution in [-0.2, 0) is 0 Å². The van der Waals surface area contributed by atoms with Crippen molar-refractivity contribution >= 4 is 49.0 Å². The molecule has 0 amide bonds. The predicted octanol–water partition coefficient (Wildman–Crippen LogP) is 10.3. The second kappa shape index (κ2) is 9.32. The van der Waals surface area contributed by atoms with Crippen LogP contribution in [0.5, 0.6) is 0 Å². The third-order valence-corrected chi connectivity index (χ3v) is 8.18. The third-order valence-electron chi connectivity index (χ3n) is 8.18. The molecule has 0 aliphatic carbocycles. The molecule has 8 aromatic rings. The molecule has 1 heterocycles. The van der Waals surface area contributed by atoms with Crippen LogP contribution in [0, 0.1) is 0 Å². The van der Waals surface area contributed by atoms with Gasteiger partial charge in [-0.05, 0) is 50.7 Å². The highest BCUT2D eigenvalue weighted by Crippen LogP contribution is 2.40. The summed E-state index contributed by atoms with van der Waals surface area (Å²) in [6.45, 7) is 0. The summed E-state index contributed by atoms with van der Waals surface area (Å²) in [7, 11) is 0. The lowest BCUT2D eigenvalue weighted by atomic mass is 9.91. The highest BCUT2D eigenvalue weighted by Gasteiger charge is 2.15. The van der Waals surface area contributed by atoms with Crippen LogP contribution in [-0.4, -0.2) is 4.98 Å². The monoisotopic (exact) mass is 522 g/mol. The molecule has 0 radical (unpaired) electrons. The quantitative estimate of drug-likeness (QED) is 0.142. The number of pyridine rings is 1. The van der Waals surface area contributed by atoms with Crippen LogP contribution in [0.4, 0.5) is 5.69 Å². The largest absolute Gasteiger partial charge is 0.399 e. The van der Waals surface area contributed by atoms with E-state index < -0.39 is 0 Å². The molecule has 7 aromatic carbocycles. The van der Waals surface area contributed by atoms with E-state index in [2.05, 4.69) is 127 Å². The molecule has 0 bridgehead atoms. The van der Waals surface area contributed by atoms with E-state index in [1.54, 1.807) is 0 Å². The van der Waals surface area contributed by atoms with Crippen LogP contribution in [0.3, 0.4) is 0 Å². The number of hydrogen-bond donors (Lipinski definition) is 1. The minimum atomic E-state index is 0.777. The van der Waals surface area contributed by atoms with Gasteiger partial charge in [-0.15, -0.1) is 0 Å². The average molecular weight is 523 g/mol. The zero-order valence-corrected chi connectivity index (χ0v) is 22.4. The fourth-order valence-electron chi connectivity index (χ4n) is 6.13. The molecule has 0 atom stereocenters. The van der Waals surface area contributed by atoms with Gasteiger partial charge in [-0.2, -0.15) is 0 Å². The number of fused-ring (bicyclic) bond motifs is 6. The van der Waals surface area contributed by atoms with Crippen molar-refractivity contribution in [2.45, 2.75) is 0 Å². The van der Waals surface area contributed by atoms with Crippen molar-refractivity contribution in [1.82, 2.24) is 4.98 Å². The van der Waals surface area contributed by atoms with Gasteiger partial charge >= 0.3 is 0 Å². The van der Waals surface area contributed by atoms with E-state index in [1.807, 2.05) is 18.2 Å². The molecule has 41 heavy (non-hydrogen) atoms. The number of nitrogens with two attached hydrogens (primary N) is 1. The van der Waals surface area contributed by atoms with Crippen molar-refractivity contribution < 1.29 is 0 Å². The van der Waals surface area contributed by atoms with Crippen LogP contribution in [0.15, 0.2) is 146 Å². The smallest absolute Gasteiger partial charge is 0.0794 e. The summed E-state index contributed by atoms with van der Waals surface area (Å²) < 4.78 is 0. The minimum absolute atomic E-state index is 0.777. The van der Waals surface area contributed by atoms with Crippen molar-refractivity contribution in [3.8, 4) is 33.4 Å². The van der Waals surface area contributed by atoms with Crippen LogP contribution < -0.4 is 5.73 Å². The Bertz CT molecular complexity index is 2150. The number of benzene rings is 7. The lowest BCUT2D eigenvalue weighted by Crippen LogP contribution is -1.92. The lowest BCUT2D eigenvalue weighted by molar-refractivity contribution is 1.53. The first kappa shape index (κ1) is 23.4. The van der Waals surface area contributed by atoms with Gasteiger partial charge < -0.3 is 5.73 Å². The number of aromatic nitrogens is 1. The van der Waals surface area contributed by atoms with E-state index in [0.717, 1.165) is 27.8 Å². The molecular formula is C39H26N2. The number of nitrogens with zero attached hydrogens (tertiary/aromatic N) is 1. The van der Waals surface area contributed by atoms with Crippen molar-refractivity contribution in [2.75, 3.05) is 5.73 Å². The van der Waals surface area contributed by atoms with Gasteiger partial charge in [0.1, 0.15) is 0 Å². The van der Waals surface area contributed by atoms with Gasteiger partial charge in [0.15, 0.2) is 0 Å². The maximum atomic E-state index is 6.00. The molecule has 1 aromatic heterocycles. The Kier molecular flexibility index (Phi) is 5.33. The van der Waals surface area contributed by atoms with Crippen LogP contribution in [0.25, 0.3) is 76.7 Å². The highest BCUT2D eigenvalue weighted by molar-refractivity contribution is 6.21. The van der Waals surface area contributed by atoms with Crippen LogP contribution in [0.1, 0.15) is 0 Å². The summed E-state index contributed by atoms with van der Waals surface area (Å²) in [4.78, 5) is 5.32. The normalized spacial score (nSPS) is 11.5. The van der Waals surface area contributed by atoms with Crippen molar-refractivity contribution in [3.63, 3.8) is 0 Å². The maximum Gasteiger partial charge on any atom is 0.0794 e. The fraction of sp³-hybridized carbons (Fsp3) is 0. The average Bonchev–Trinajstić information content (AvgIpc) is 3.04. The molecule has 0 saturated carbocycles. The minimum Gasteiger partial charge on any atom is -0.399 e. The molecule has 2 nitrogen and oxygen atoms in total. The SMILES string of the molecule is Nc1cccc(-c2ccc(-c3ccc(-c4c5ccc6ccccc6c5nc5c4ccc4ccccc45)cc3)cc2)c1. The second-order valence-corrected chi connectivity index (χ2v) is 10.6. The van der Waals surface area contributed by atoms with Gasteiger partial charge in [-0.25, -0.2) is 4.98 Å². The summed E-state index contributed by atoms with van der Waals surface area (Å²) in [5.74, 6) is 0. The van der Waals surface area contributed by atoms with E-state index in [0.29, 0.717) is 0 Å². The van der Waals surface area contributed by atoms with Crippen LogP contribution in [0.2, 0.25) is 0 Å². The Morgan fingerprint density at radius 2 is 0.854 bits per heavy atom. The van der Waals surface area contributed by atoms with E-state index in [-0.39, 0.29) is 0 Å². The summed E-state index contributed by atoms with van der Waals surface area (Å²) in [5.41, 5.74) is 15.9. The molecule has 192 valence electrons. The molecule has 2 heteroatoms. The zero-order chi connectivity index (χ0) is 27.3. The summed E-state index contributed by atoms with van der Waals surface area (Å²) in [6.07, 6.45) is 0. The number of hydrogen-bond acceptors (Lipinski definition) is 2. The van der Waals surface area contributed by atoms with Gasteiger partial charge in [0.05, 0.1) is 11.0 Å². The first-order chi connectivity index (χ1) is 20.2. The molecule has 2 N–H and O–H groups in total. The highest BCUT2D eigenvalue weighted by atomic mass is 14.7. The van der Waals surface area contributed by atoms with Crippen molar-refractivity contribution in [3.05, 3.63) is 146 Å². The number of anilines is 1. The zero-order valence-electron chi connectivity index (χ0n) is 22.4. The first-order valence-corrected chi connectivity index (χ1v) is 13.9. The van der Waals surface area contributed by atoms with Gasteiger partial charge in [0, 0.05) is 32.8 Å². The van der Waals surface area contributed by atoms with Crippen LogP contribution >= 0.6 is 0 Å². The van der Waals surface area contributed by atoms with Crippen molar-refractivity contribution in [2.24, 2.45) is 0 Å². The Hall–Kier alpha value is -5.47. The van der Waals surface area contributed by atoms with E-state index in [4.69, 9.17) is 10.7 Å². The van der Waals surface area contributed by atoms with Crippen molar-refractivity contribution in [1.29, 1.82) is 0 Å². The molecule has 0 fully saturated rings. The van der Waals surface area contributed by atoms with Gasteiger partial charge in [-0.1, -0.05) is 133 Å². The topological polar surface area (TPSA) is 38.9 Å². The summed E-state index contributed by atoms with van der Waals surface area (Å²) in [6, 6.07) is 51.6. The lowest BCUT2D eigenvalue weighted by Gasteiger charge is -2.15. The van der Waals surface area contributed by atoms with Gasteiger partial charge in [-0.3, -0.25) is 0 Å². The molecule has 0 unspecified atom stereocenters. The fourth-order valence-corrected chi connectivity index (χ4v) is 6.13. The maximum absolute atomic E-state index is 6.00. The number of nitrogen functional groups attached to an aromatic ring is 1. The summed E-state index contributed by atoms with van der Waals surface area (Å²) in [5, 5.41) is 7.11. The Balaban J connectivity index is 1.29. The standard InChI is InChI=1S/C39H26N2/c40-32-9-5-8-31(24-32)27-14-12-25(13-15-27)26-16-18-30(19-17-26)37-35-22-20-28-6-1-3-10-33(28)38(35)41-39-34-11-4-2-7-29(34)21-23-36(37)39/h1-24H,40H2. The first-order valence-electron chi connectivity index (χ1n) is 13.9. The molecule has 0 aliphatic rings. The molecule has 0 saturated heterocycles. The molecule has 8 rings (SSSR count). The molecular weight excluding hydrogens is 496 g/mol. The van der Waals surface area contributed by atoms with Gasteiger partial charge in [0.25, 0.3) is 0 Å². The van der Waals surface area contributed by atoms with Gasteiger partial charge in [0.2, 0.25) is 0 Å². The summed E-state index contributed by atoms with van der Waals surface area (Å²) >= 11 is 0. The van der Waals surface area contributed by atoms with E-state index in [1.165, 1.54) is 54.6 Å². The second-order valence-electron chi connectivity index (χ2n) is 10.6. The molecule has 0 spiro atoms. The molecule has 0 aliphatic heterocycles. The predicted molar refractivity (Wildman–Crippen MR) is 175 cm³/mol. The van der Waals surface area contributed by atoms with E-state index >= 15 is 0 Å². The number of rotatable bonds is 3.